The lowest BCUT2D eigenvalue weighted by atomic mass is 10.2. The average molecular weight is 344 g/mol. The molecule has 0 saturated carbocycles. The lowest BCUT2D eigenvalue weighted by Crippen LogP contribution is -2.25. The predicted molar refractivity (Wildman–Crippen MR) is 85.6 cm³/mol. The van der Waals surface area contributed by atoms with Gasteiger partial charge in [0.15, 0.2) is 0 Å². The molecule has 1 aromatic carbocycles. The maximum Gasteiger partial charge on any atom is 0.264 e. The molecule has 23 heavy (non-hydrogen) atoms. The summed E-state index contributed by atoms with van der Waals surface area (Å²) in [5.74, 6) is 0. The number of ether oxygens (including phenoxy) is 3. The second-order valence-corrected chi connectivity index (χ2v) is 7.18. The molecule has 1 aliphatic rings. The van der Waals surface area contributed by atoms with Gasteiger partial charge in [-0.25, -0.2) is 0 Å². The van der Waals surface area contributed by atoms with E-state index in [9.17, 15) is 8.42 Å². The summed E-state index contributed by atoms with van der Waals surface area (Å²) in [5, 5.41) is 0. The van der Waals surface area contributed by atoms with Crippen LogP contribution in [0.4, 0.5) is 0 Å². The summed E-state index contributed by atoms with van der Waals surface area (Å²) in [6, 6.07) is 9.97. The molecular formula is C16H24O6S. The minimum Gasteiger partial charge on any atom is -0.379 e. The molecule has 1 saturated heterocycles. The minimum atomic E-state index is -3.48. The van der Waals surface area contributed by atoms with E-state index in [4.69, 9.17) is 18.4 Å². The molecule has 0 spiro atoms. The van der Waals surface area contributed by atoms with Crippen LogP contribution in [0.15, 0.2) is 30.3 Å². The fourth-order valence-electron chi connectivity index (χ4n) is 2.12. The fourth-order valence-corrected chi connectivity index (χ4v) is 2.75. The van der Waals surface area contributed by atoms with Crippen molar-refractivity contribution in [3.63, 3.8) is 0 Å². The first-order chi connectivity index (χ1) is 11.0. The summed E-state index contributed by atoms with van der Waals surface area (Å²) in [6.07, 6.45) is 1.95. The van der Waals surface area contributed by atoms with Gasteiger partial charge in [0, 0.05) is 19.6 Å². The van der Waals surface area contributed by atoms with Crippen LogP contribution in [0.1, 0.15) is 18.4 Å². The Hall–Kier alpha value is -0.990. The Morgan fingerprint density at radius 2 is 1.91 bits per heavy atom. The third-order valence-electron chi connectivity index (χ3n) is 3.23. The van der Waals surface area contributed by atoms with Gasteiger partial charge in [0.25, 0.3) is 10.1 Å². The highest BCUT2D eigenvalue weighted by Gasteiger charge is 2.29. The molecule has 0 aliphatic carbocycles. The first kappa shape index (κ1) is 18.4. The molecule has 2 rings (SSSR count). The molecule has 6 nitrogen and oxygen atoms in total. The summed E-state index contributed by atoms with van der Waals surface area (Å²) in [5.41, 5.74) is 1.14. The fraction of sp³-hybridized carbons (Fsp3) is 0.625. The molecule has 2 atom stereocenters. The third kappa shape index (κ3) is 9.02. The van der Waals surface area contributed by atoms with E-state index >= 15 is 0 Å². The Kier molecular flexibility index (Phi) is 7.45. The number of epoxide rings is 1. The smallest absolute Gasteiger partial charge is 0.264 e. The molecule has 1 heterocycles. The Balaban J connectivity index is 1.54. The van der Waals surface area contributed by atoms with E-state index in [1.54, 1.807) is 0 Å². The first-order valence-electron chi connectivity index (χ1n) is 7.72. The van der Waals surface area contributed by atoms with Gasteiger partial charge in [-0.15, -0.1) is 0 Å². The average Bonchev–Trinajstić information content (AvgIpc) is 3.29. The van der Waals surface area contributed by atoms with Crippen LogP contribution >= 0.6 is 0 Å². The second-order valence-electron chi connectivity index (χ2n) is 5.58. The van der Waals surface area contributed by atoms with Crippen molar-refractivity contribution >= 4 is 10.1 Å². The van der Waals surface area contributed by atoms with Crippen LogP contribution in [-0.4, -0.2) is 53.3 Å². The van der Waals surface area contributed by atoms with Crippen molar-refractivity contribution in [2.45, 2.75) is 31.7 Å². The molecule has 1 aliphatic heterocycles. The summed E-state index contributed by atoms with van der Waals surface area (Å²) in [4.78, 5) is 0. The third-order valence-corrected chi connectivity index (χ3v) is 3.85. The van der Waals surface area contributed by atoms with Gasteiger partial charge < -0.3 is 14.2 Å². The number of benzene rings is 1. The second kappa shape index (κ2) is 9.34. The van der Waals surface area contributed by atoms with Gasteiger partial charge in [-0.3, -0.25) is 4.18 Å². The van der Waals surface area contributed by atoms with Crippen LogP contribution in [-0.2, 0) is 35.1 Å². The maximum absolute atomic E-state index is 11.2. The van der Waals surface area contributed by atoms with Gasteiger partial charge in [-0.05, 0) is 12.0 Å². The van der Waals surface area contributed by atoms with E-state index in [1.807, 2.05) is 30.3 Å². The number of rotatable bonds is 12. The van der Waals surface area contributed by atoms with Gasteiger partial charge in [0.1, 0.15) is 6.10 Å². The van der Waals surface area contributed by atoms with E-state index in [0.717, 1.165) is 18.2 Å². The van der Waals surface area contributed by atoms with E-state index in [1.165, 1.54) is 0 Å². The lowest BCUT2D eigenvalue weighted by molar-refractivity contribution is 0.0302. The van der Waals surface area contributed by atoms with Crippen LogP contribution in [0.5, 0.6) is 0 Å². The molecule has 130 valence electrons. The first-order valence-corrected chi connectivity index (χ1v) is 9.54. The standard InChI is InChI=1S/C16H24O6S/c1-23(17,18)22-16(10-15-13-21-15)12-20-9-5-8-19-11-14-6-3-2-4-7-14/h2-4,6-7,15-16H,5,8-13H2,1H3/t15?,16-/m0/s1. The zero-order chi connectivity index (χ0) is 16.5. The van der Waals surface area contributed by atoms with E-state index in [-0.39, 0.29) is 12.7 Å². The predicted octanol–water partition coefficient (Wildman–Crippen LogP) is 1.74. The quantitative estimate of drug-likeness (QED) is 0.327. The van der Waals surface area contributed by atoms with Gasteiger partial charge in [-0.2, -0.15) is 8.42 Å². The molecule has 0 bridgehead atoms. The Labute approximate surface area is 137 Å². The van der Waals surface area contributed by atoms with Crippen molar-refractivity contribution in [1.29, 1.82) is 0 Å². The van der Waals surface area contributed by atoms with Crippen molar-refractivity contribution in [2.75, 3.05) is 32.7 Å². The normalized spacial score (nSPS) is 18.7. The van der Waals surface area contributed by atoms with Crippen LogP contribution in [0.2, 0.25) is 0 Å². The largest absolute Gasteiger partial charge is 0.379 e. The summed E-state index contributed by atoms with van der Waals surface area (Å²) in [6.45, 7) is 2.59. The van der Waals surface area contributed by atoms with Crippen molar-refractivity contribution in [2.24, 2.45) is 0 Å². The summed E-state index contributed by atoms with van der Waals surface area (Å²) in [7, 11) is -3.48. The molecule has 0 amide bonds. The highest BCUT2D eigenvalue weighted by atomic mass is 32.2. The van der Waals surface area contributed by atoms with Crippen LogP contribution in [0.25, 0.3) is 0 Å². The van der Waals surface area contributed by atoms with Gasteiger partial charge >= 0.3 is 0 Å². The van der Waals surface area contributed by atoms with Gasteiger partial charge in [0.2, 0.25) is 0 Å². The molecule has 1 fully saturated rings. The Morgan fingerprint density at radius 3 is 2.57 bits per heavy atom. The van der Waals surface area contributed by atoms with Crippen molar-refractivity contribution in [3.8, 4) is 0 Å². The van der Waals surface area contributed by atoms with Crippen LogP contribution < -0.4 is 0 Å². The van der Waals surface area contributed by atoms with Crippen LogP contribution in [0, 0.1) is 0 Å². The molecule has 0 N–H and O–H groups in total. The van der Waals surface area contributed by atoms with Crippen LogP contribution in [0.3, 0.4) is 0 Å². The monoisotopic (exact) mass is 344 g/mol. The number of hydrogen-bond acceptors (Lipinski definition) is 6. The highest BCUT2D eigenvalue weighted by Crippen LogP contribution is 2.18. The molecule has 0 aromatic heterocycles. The topological polar surface area (TPSA) is 74.4 Å². The zero-order valence-electron chi connectivity index (χ0n) is 13.3. The van der Waals surface area contributed by atoms with E-state index in [2.05, 4.69) is 0 Å². The van der Waals surface area contributed by atoms with E-state index < -0.39 is 16.2 Å². The highest BCUT2D eigenvalue weighted by molar-refractivity contribution is 7.86. The SMILES string of the molecule is CS(=O)(=O)O[C@H](COCCCOCc1ccccc1)CC1CO1. The van der Waals surface area contributed by atoms with E-state index in [0.29, 0.717) is 32.8 Å². The molecule has 7 heteroatoms. The molecule has 0 radical (unpaired) electrons. The van der Waals surface area contributed by atoms with Crippen molar-refractivity contribution in [1.82, 2.24) is 0 Å². The molecule has 1 unspecified atom stereocenters. The summed E-state index contributed by atoms with van der Waals surface area (Å²) >= 11 is 0. The zero-order valence-corrected chi connectivity index (χ0v) is 14.2. The summed E-state index contributed by atoms with van der Waals surface area (Å²) < 4.78 is 43.6. The number of hydrogen-bond donors (Lipinski definition) is 0. The van der Waals surface area contributed by atoms with Crippen molar-refractivity contribution < 1.29 is 26.8 Å². The van der Waals surface area contributed by atoms with Crippen molar-refractivity contribution in [3.05, 3.63) is 35.9 Å². The molecular weight excluding hydrogens is 320 g/mol. The minimum absolute atomic E-state index is 0.0968. The van der Waals surface area contributed by atoms with Gasteiger partial charge in [0.05, 0.1) is 32.2 Å². The Bertz CT molecular complexity index is 541. The molecule has 1 aromatic rings. The lowest BCUT2D eigenvalue weighted by Gasteiger charge is -2.15. The Morgan fingerprint density at radius 1 is 1.22 bits per heavy atom. The van der Waals surface area contributed by atoms with Gasteiger partial charge in [-0.1, -0.05) is 30.3 Å². The maximum atomic E-state index is 11.2.